The minimum Gasteiger partial charge on any atom is -0.386 e. The Kier molecular flexibility index (Phi) is 9.56. The highest BCUT2D eigenvalue weighted by molar-refractivity contribution is 8.00. The molecular weight excluding hydrogens is 603 g/mol. The second kappa shape index (κ2) is 14.0. The fraction of sp³-hybridized carbons (Fsp3) is 0.390. The maximum absolute atomic E-state index is 14.4. The maximum atomic E-state index is 14.4. The standard InChI is InChI=1S/C41H45NO4S/c1-28(37(43)31-12-6-3-7-13-31)42(2)40(44)36(30-18-20-34(21-19-30)47-35-22-23-35)26-29-24-25-41(27-29)45-38(32-14-8-4-9-15-32)39(46-41)33-16-10-5-11-17-33/h3-21,28-29,35-39,43H,22-27H2,1-2H3/t28-,29-,36-,37+,38-,39-/m1/s1. The molecule has 5 nitrogen and oxygen atoms in total. The average Bonchev–Trinajstić information content (AvgIpc) is 3.74. The van der Waals surface area contributed by atoms with E-state index < -0.39 is 11.9 Å². The van der Waals surface area contributed by atoms with E-state index in [1.54, 1.807) is 4.90 Å². The molecule has 4 aromatic carbocycles. The number of hydrogen-bond acceptors (Lipinski definition) is 5. The molecule has 1 aliphatic heterocycles. The molecule has 0 radical (unpaired) electrons. The summed E-state index contributed by atoms with van der Waals surface area (Å²) in [6.07, 6.45) is 4.56. The SMILES string of the molecule is C[C@H]([C@H](O)c1ccccc1)N(C)C(=O)[C@H](C[C@H]1CCC2(C1)O[C@H](c1ccccc1)[C@@H](c1ccccc1)O2)c1ccc(SC2CC2)cc1. The lowest BCUT2D eigenvalue weighted by molar-refractivity contribution is -0.173. The summed E-state index contributed by atoms with van der Waals surface area (Å²) >= 11 is 1.93. The van der Waals surface area contributed by atoms with E-state index in [4.69, 9.17) is 9.47 Å². The zero-order valence-corrected chi connectivity index (χ0v) is 28.1. The van der Waals surface area contributed by atoms with E-state index in [0.29, 0.717) is 6.42 Å². The molecule has 0 aromatic heterocycles. The lowest BCUT2D eigenvalue weighted by Gasteiger charge is -2.33. The van der Waals surface area contributed by atoms with Crippen molar-refractivity contribution >= 4 is 17.7 Å². The number of thioether (sulfide) groups is 1. The molecule has 2 aliphatic carbocycles. The molecular formula is C41H45NO4S. The number of carbonyl (C=O) groups is 1. The zero-order valence-electron chi connectivity index (χ0n) is 27.3. The number of aliphatic hydroxyl groups excluding tert-OH is 1. The molecule has 2 saturated carbocycles. The molecule has 3 aliphatic rings. The molecule has 1 N–H and O–H groups in total. The van der Waals surface area contributed by atoms with Crippen molar-refractivity contribution < 1.29 is 19.4 Å². The molecule has 244 valence electrons. The van der Waals surface area contributed by atoms with Crippen LogP contribution in [0.25, 0.3) is 0 Å². The van der Waals surface area contributed by atoms with Crippen LogP contribution in [-0.4, -0.2) is 40.0 Å². The van der Waals surface area contributed by atoms with Gasteiger partial charge in [-0.15, -0.1) is 11.8 Å². The predicted octanol–water partition coefficient (Wildman–Crippen LogP) is 9.02. The summed E-state index contributed by atoms with van der Waals surface area (Å²) in [6.45, 7) is 1.93. The van der Waals surface area contributed by atoms with Gasteiger partial charge in [0.25, 0.3) is 0 Å². The number of aliphatic hydroxyl groups is 1. The quantitative estimate of drug-likeness (QED) is 0.176. The van der Waals surface area contributed by atoms with Gasteiger partial charge in [-0.2, -0.15) is 0 Å². The van der Waals surface area contributed by atoms with E-state index in [1.807, 2.05) is 68.2 Å². The number of likely N-dealkylation sites (N-methyl/N-ethyl adjacent to an activating group) is 1. The molecule has 6 heteroatoms. The number of carbonyl (C=O) groups excluding carboxylic acids is 1. The first-order valence-corrected chi connectivity index (χ1v) is 18.0. The Hall–Kier alpha value is -3.42. The van der Waals surface area contributed by atoms with Crippen LogP contribution in [-0.2, 0) is 14.3 Å². The number of rotatable bonds is 11. The highest BCUT2D eigenvalue weighted by Crippen LogP contribution is 2.55. The Bertz CT molecular complexity index is 1560. The molecule has 6 atom stereocenters. The van der Waals surface area contributed by atoms with Crippen LogP contribution in [0.15, 0.2) is 120 Å². The van der Waals surface area contributed by atoms with E-state index in [0.717, 1.165) is 46.8 Å². The summed E-state index contributed by atoms with van der Waals surface area (Å²) in [4.78, 5) is 17.4. The van der Waals surface area contributed by atoms with Gasteiger partial charge < -0.3 is 19.5 Å². The highest BCUT2D eigenvalue weighted by atomic mass is 32.2. The van der Waals surface area contributed by atoms with Crippen LogP contribution in [0.3, 0.4) is 0 Å². The number of ether oxygens (including phenoxy) is 2. The summed E-state index contributed by atoms with van der Waals surface area (Å²) < 4.78 is 13.8. The van der Waals surface area contributed by atoms with Gasteiger partial charge in [0.2, 0.25) is 5.91 Å². The van der Waals surface area contributed by atoms with Gasteiger partial charge in [-0.05, 0) is 72.9 Å². The molecule has 3 fully saturated rings. The molecule has 7 rings (SSSR count). The van der Waals surface area contributed by atoms with Crippen molar-refractivity contribution in [2.45, 2.75) is 91.7 Å². The Labute approximate surface area is 283 Å². The second-order valence-corrected chi connectivity index (χ2v) is 15.0. The van der Waals surface area contributed by atoms with Crippen molar-refractivity contribution in [1.82, 2.24) is 4.90 Å². The van der Waals surface area contributed by atoms with Crippen molar-refractivity contribution in [3.63, 3.8) is 0 Å². The van der Waals surface area contributed by atoms with Gasteiger partial charge in [0.1, 0.15) is 12.2 Å². The average molecular weight is 648 g/mol. The van der Waals surface area contributed by atoms with Gasteiger partial charge in [-0.25, -0.2) is 0 Å². The van der Waals surface area contributed by atoms with Gasteiger partial charge in [0.05, 0.1) is 18.1 Å². The zero-order chi connectivity index (χ0) is 32.4. The Morgan fingerprint density at radius 3 is 1.91 bits per heavy atom. The second-order valence-electron chi connectivity index (χ2n) is 13.6. The van der Waals surface area contributed by atoms with Crippen LogP contribution in [0, 0.1) is 5.92 Å². The van der Waals surface area contributed by atoms with Gasteiger partial charge >= 0.3 is 0 Å². The van der Waals surface area contributed by atoms with Crippen LogP contribution >= 0.6 is 11.8 Å². The van der Waals surface area contributed by atoms with E-state index in [1.165, 1.54) is 17.7 Å². The summed E-state index contributed by atoms with van der Waals surface area (Å²) in [5.41, 5.74) is 4.08. The first-order valence-electron chi connectivity index (χ1n) is 17.1. The van der Waals surface area contributed by atoms with E-state index in [9.17, 15) is 9.90 Å². The molecule has 4 aromatic rings. The van der Waals surface area contributed by atoms with Crippen LogP contribution in [0.4, 0.5) is 0 Å². The third-order valence-electron chi connectivity index (χ3n) is 10.3. The monoisotopic (exact) mass is 647 g/mol. The largest absolute Gasteiger partial charge is 0.386 e. The van der Waals surface area contributed by atoms with Crippen molar-refractivity contribution in [1.29, 1.82) is 0 Å². The minimum absolute atomic E-state index is 0.0357. The lowest BCUT2D eigenvalue weighted by atomic mass is 9.86. The molecule has 1 saturated heterocycles. The molecule has 0 bridgehead atoms. The fourth-order valence-electron chi connectivity index (χ4n) is 7.33. The van der Waals surface area contributed by atoms with Gasteiger partial charge in [0.15, 0.2) is 5.79 Å². The van der Waals surface area contributed by atoms with Gasteiger partial charge in [0, 0.05) is 30.0 Å². The number of benzene rings is 4. The van der Waals surface area contributed by atoms with E-state index in [-0.39, 0.29) is 36.0 Å². The van der Waals surface area contributed by atoms with Crippen LogP contribution in [0.1, 0.15) is 91.9 Å². The van der Waals surface area contributed by atoms with Gasteiger partial charge in [-0.3, -0.25) is 4.79 Å². The first-order chi connectivity index (χ1) is 22.9. The minimum atomic E-state index is -0.775. The number of hydrogen-bond donors (Lipinski definition) is 1. The third kappa shape index (κ3) is 7.22. The van der Waals surface area contributed by atoms with E-state index in [2.05, 4.69) is 72.8 Å². The normalized spacial score (nSPS) is 23.8. The lowest BCUT2D eigenvalue weighted by Crippen LogP contribution is -2.42. The van der Waals surface area contributed by atoms with Crippen LogP contribution < -0.4 is 0 Å². The summed E-state index contributed by atoms with van der Waals surface area (Å²) in [5, 5.41) is 11.9. The summed E-state index contributed by atoms with van der Waals surface area (Å²) in [6, 6.07) is 38.6. The van der Waals surface area contributed by atoms with Crippen molar-refractivity contribution in [2.75, 3.05) is 7.05 Å². The predicted molar refractivity (Wildman–Crippen MR) is 187 cm³/mol. The number of amides is 1. The smallest absolute Gasteiger partial charge is 0.230 e. The van der Waals surface area contributed by atoms with Gasteiger partial charge in [-0.1, -0.05) is 103 Å². The van der Waals surface area contributed by atoms with E-state index >= 15 is 0 Å². The van der Waals surface area contributed by atoms with Crippen molar-refractivity contribution in [3.8, 4) is 0 Å². The van der Waals surface area contributed by atoms with Crippen molar-refractivity contribution in [2.24, 2.45) is 5.92 Å². The molecule has 1 amide bonds. The molecule has 1 heterocycles. The first kappa shape index (κ1) is 32.1. The summed E-state index contributed by atoms with van der Waals surface area (Å²) in [7, 11) is 1.83. The molecule has 1 spiro atoms. The van der Waals surface area contributed by atoms with Crippen LogP contribution in [0.2, 0.25) is 0 Å². The molecule has 47 heavy (non-hydrogen) atoms. The van der Waals surface area contributed by atoms with Crippen LogP contribution in [0.5, 0.6) is 0 Å². The third-order valence-corrected chi connectivity index (χ3v) is 11.6. The van der Waals surface area contributed by atoms with Crippen molar-refractivity contribution in [3.05, 3.63) is 138 Å². The maximum Gasteiger partial charge on any atom is 0.230 e. The number of nitrogens with zero attached hydrogens (tertiary/aromatic N) is 1. The Morgan fingerprint density at radius 1 is 0.809 bits per heavy atom. The topological polar surface area (TPSA) is 59.0 Å². The Balaban J connectivity index is 1.12. The summed E-state index contributed by atoms with van der Waals surface area (Å²) in [5.74, 6) is -0.735. The fourth-order valence-corrected chi connectivity index (χ4v) is 8.38. The molecule has 0 unspecified atom stereocenters. The Morgan fingerprint density at radius 2 is 1.36 bits per heavy atom. The highest BCUT2D eigenvalue weighted by Gasteiger charge is 2.53.